The molecule has 2 nitrogen and oxygen atoms in total. The number of thioether (sulfide) groups is 1. The molecule has 1 N–H and O–H groups in total. The standard InChI is InChI=1S/C25H18N2S2/c1-2-9-19-17(7-1)15-16-18-8-5-12-22-25(18,19)27-24(29-22)14-6-13-23-26-20-10-3-4-11-21(20)28-23/h1-16,19,27H. The van der Waals surface area contributed by atoms with Crippen molar-refractivity contribution in [3.63, 3.8) is 0 Å². The summed E-state index contributed by atoms with van der Waals surface area (Å²) in [4.78, 5) is 6.05. The zero-order valence-electron chi connectivity index (χ0n) is 15.6. The van der Waals surface area contributed by atoms with Gasteiger partial charge in [0.25, 0.3) is 0 Å². The molecule has 2 heterocycles. The van der Waals surface area contributed by atoms with Gasteiger partial charge in [0.05, 0.1) is 15.2 Å². The first-order chi connectivity index (χ1) is 14.3. The van der Waals surface area contributed by atoms with E-state index in [1.54, 1.807) is 11.3 Å². The zero-order valence-corrected chi connectivity index (χ0v) is 17.2. The molecule has 29 heavy (non-hydrogen) atoms. The summed E-state index contributed by atoms with van der Waals surface area (Å²) in [6.45, 7) is 0. The van der Waals surface area contributed by atoms with Crippen LogP contribution in [0.1, 0.15) is 5.01 Å². The fourth-order valence-electron chi connectivity index (χ4n) is 4.38. The molecule has 4 heteroatoms. The average molecular weight is 411 g/mol. The summed E-state index contributed by atoms with van der Waals surface area (Å²) in [6.07, 6.45) is 26.4. The maximum absolute atomic E-state index is 4.69. The molecule has 0 amide bonds. The predicted molar refractivity (Wildman–Crippen MR) is 125 cm³/mol. The van der Waals surface area contributed by atoms with E-state index in [-0.39, 0.29) is 5.54 Å². The number of hydrogen-bond acceptors (Lipinski definition) is 4. The van der Waals surface area contributed by atoms with Crippen LogP contribution in [0, 0.1) is 5.92 Å². The highest BCUT2D eigenvalue weighted by Crippen LogP contribution is 2.55. The second kappa shape index (κ2) is 6.61. The third-order valence-corrected chi connectivity index (χ3v) is 7.83. The second-order valence-corrected chi connectivity index (χ2v) is 9.49. The molecule has 1 aliphatic heterocycles. The number of aromatic nitrogens is 1. The van der Waals surface area contributed by atoms with E-state index in [1.165, 1.54) is 25.8 Å². The highest BCUT2D eigenvalue weighted by atomic mass is 32.2. The number of fused-ring (bicyclic) bond motifs is 2. The molecule has 0 radical (unpaired) electrons. The van der Waals surface area contributed by atoms with Gasteiger partial charge in [-0.2, -0.15) is 0 Å². The Labute approximate surface area is 178 Å². The van der Waals surface area contributed by atoms with Crippen LogP contribution < -0.4 is 5.32 Å². The van der Waals surface area contributed by atoms with E-state index >= 15 is 0 Å². The fraction of sp³-hybridized carbons (Fsp3) is 0.0800. The van der Waals surface area contributed by atoms with Crippen LogP contribution in [0.15, 0.2) is 112 Å². The van der Waals surface area contributed by atoms with Crippen molar-refractivity contribution in [2.24, 2.45) is 5.92 Å². The summed E-state index contributed by atoms with van der Waals surface area (Å²) in [6, 6.07) is 8.28. The Morgan fingerprint density at radius 3 is 2.97 bits per heavy atom. The summed E-state index contributed by atoms with van der Waals surface area (Å²) < 4.78 is 1.22. The van der Waals surface area contributed by atoms with Crippen molar-refractivity contribution in [3.05, 3.63) is 117 Å². The van der Waals surface area contributed by atoms with Gasteiger partial charge in [-0.05, 0) is 41.5 Å². The van der Waals surface area contributed by atoms with Gasteiger partial charge in [0.15, 0.2) is 0 Å². The van der Waals surface area contributed by atoms with Gasteiger partial charge in [-0.15, -0.1) is 11.3 Å². The lowest BCUT2D eigenvalue weighted by molar-refractivity contribution is 0.444. The zero-order chi connectivity index (χ0) is 19.3. The van der Waals surface area contributed by atoms with Gasteiger partial charge in [0.1, 0.15) is 10.5 Å². The molecule has 0 saturated carbocycles. The van der Waals surface area contributed by atoms with Gasteiger partial charge in [-0.25, -0.2) is 4.98 Å². The Balaban J connectivity index is 1.32. The fourth-order valence-corrected chi connectivity index (χ4v) is 6.46. The Morgan fingerprint density at radius 1 is 1.03 bits per heavy atom. The van der Waals surface area contributed by atoms with Crippen molar-refractivity contribution in [1.82, 2.24) is 10.3 Å². The number of para-hydroxylation sites is 1. The molecule has 2 unspecified atom stereocenters. The number of nitrogens with zero attached hydrogens (tertiary/aromatic N) is 1. The Hall–Kier alpha value is -2.82. The molecule has 0 bridgehead atoms. The second-order valence-electron chi connectivity index (χ2n) is 7.35. The first-order valence-electron chi connectivity index (χ1n) is 9.69. The van der Waals surface area contributed by atoms with Crippen molar-refractivity contribution in [3.8, 4) is 0 Å². The third-order valence-electron chi connectivity index (χ3n) is 5.69. The van der Waals surface area contributed by atoms with Crippen LogP contribution in [-0.2, 0) is 0 Å². The van der Waals surface area contributed by atoms with E-state index in [9.17, 15) is 0 Å². The van der Waals surface area contributed by atoms with Gasteiger partial charge < -0.3 is 5.32 Å². The van der Waals surface area contributed by atoms with Crippen LogP contribution in [0.3, 0.4) is 0 Å². The summed E-state index contributed by atoms with van der Waals surface area (Å²) in [5.41, 5.74) is 3.57. The van der Waals surface area contributed by atoms with Gasteiger partial charge in [-0.1, -0.05) is 78.6 Å². The first kappa shape index (κ1) is 17.1. The number of thiazole rings is 1. The Morgan fingerprint density at radius 2 is 2.00 bits per heavy atom. The van der Waals surface area contributed by atoms with Crippen LogP contribution in [-0.4, -0.2) is 10.5 Å². The minimum atomic E-state index is -0.180. The van der Waals surface area contributed by atoms with Gasteiger partial charge in [-0.3, -0.25) is 0 Å². The predicted octanol–water partition coefficient (Wildman–Crippen LogP) is 6.29. The van der Waals surface area contributed by atoms with Crippen LogP contribution in [0.25, 0.3) is 16.3 Å². The molecular formula is C25H18N2S2. The topological polar surface area (TPSA) is 24.9 Å². The lowest BCUT2D eigenvalue weighted by atomic mass is 9.68. The first-order valence-corrected chi connectivity index (χ1v) is 11.3. The van der Waals surface area contributed by atoms with Crippen LogP contribution in [0.4, 0.5) is 0 Å². The molecule has 1 saturated heterocycles. The SMILES string of the molecule is C1=CC2=CC=C3C=CC=C4SC(=CC=Cc5nc6ccccc6s5)NC34C2C=C1. The maximum Gasteiger partial charge on any atom is 0.117 e. The Bertz CT molecular complexity index is 1230. The molecule has 1 aromatic carbocycles. The van der Waals surface area contributed by atoms with Crippen LogP contribution in [0.2, 0.25) is 0 Å². The summed E-state index contributed by atoms with van der Waals surface area (Å²) in [5, 5.41) is 6.07. The maximum atomic E-state index is 4.69. The van der Waals surface area contributed by atoms with Crippen molar-refractivity contribution < 1.29 is 0 Å². The van der Waals surface area contributed by atoms with E-state index in [0.29, 0.717) is 5.92 Å². The molecule has 140 valence electrons. The molecule has 4 aliphatic rings. The van der Waals surface area contributed by atoms with Crippen molar-refractivity contribution in [1.29, 1.82) is 0 Å². The highest BCUT2D eigenvalue weighted by Gasteiger charge is 2.51. The number of hydrogen-bond donors (Lipinski definition) is 1. The average Bonchev–Trinajstić information content (AvgIpc) is 3.34. The highest BCUT2D eigenvalue weighted by molar-refractivity contribution is 8.07. The minimum Gasteiger partial charge on any atom is -0.365 e. The largest absolute Gasteiger partial charge is 0.365 e. The summed E-state index contributed by atoms with van der Waals surface area (Å²) in [7, 11) is 0. The Kier molecular flexibility index (Phi) is 3.89. The number of allylic oxidation sites excluding steroid dienone is 9. The van der Waals surface area contributed by atoms with E-state index < -0.39 is 0 Å². The number of rotatable bonds is 2. The quantitative estimate of drug-likeness (QED) is 0.630. The molecule has 3 aliphatic carbocycles. The molecule has 2 aromatic rings. The molecular weight excluding hydrogens is 392 g/mol. The minimum absolute atomic E-state index is 0.180. The number of nitrogens with one attached hydrogen (secondary N) is 1. The van der Waals surface area contributed by atoms with Crippen molar-refractivity contribution in [2.45, 2.75) is 5.54 Å². The van der Waals surface area contributed by atoms with E-state index in [0.717, 1.165) is 10.5 Å². The van der Waals surface area contributed by atoms with E-state index in [1.807, 2.05) is 17.8 Å². The third kappa shape index (κ3) is 2.67. The smallest absolute Gasteiger partial charge is 0.117 e. The molecule has 1 fully saturated rings. The monoisotopic (exact) mass is 410 g/mol. The van der Waals surface area contributed by atoms with Crippen molar-refractivity contribution in [2.75, 3.05) is 0 Å². The van der Waals surface area contributed by atoms with E-state index in [2.05, 4.69) is 101 Å². The van der Waals surface area contributed by atoms with E-state index in [4.69, 9.17) is 0 Å². The normalized spacial score (nSPS) is 28.1. The number of benzene rings is 1. The molecule has 1 spiro atoms. The van der Waals surface area contributed by atoms with Crippen molar-refractivity contribution >= 4 is 39.4 Å². The lowest BCUT2D eigenvalue weighted by Crippen LogP contribution is -2.50. The molecule has 2 atom stereocenters. The molecule has 1 aromatic heterocycles. The van der Waals surface area contributed by atoms with Gasteiger partial charge >= 0.3 is 0 Å². The van der Waals surface area contributed by atoms with Crippen LogP contribution >= 0.6 is 23.1 Å². The summed E-state index contributed by atoms with van der Waals surface area (Å²) >= 11 is 3.56. The van der Waals surface area contributed by atoms with Crippen LogP contribution in [0.5, 0.6) is 0 Å². The molecule has 6 rings (SSSR count). The lowest BCUT2D eigenvalue weighted by Gasteiger charge is -2.43. The van der Waals surface area contributed by atoms with Gasteiger partial charge in [0.2, 0.25) is 0 Å². The summed E-state index contributed by atoms with van der Waals surface area (Å²) in [5.74, 6) is 0.315. The van der Waals surface area contributed by atoms with Gasteiger partial charge in [0, 0.05) is 10.8 Å².